The highest BCUT2D eigenvalue weighted by atomic mass is 16.5. The molecule has 0 bridgehead atoms. The zero-order chi connectivity index (χ0) is 22.5. The molecule has 0 fully saturated rings. The minimum Gasteiger partial charge on any atom is -0.464 e. The van der Waals surface area contributed by atoms with Gasteiger partial charge in [0.15, 0.2) is 6.10 Å². The second-order valence-electron chi connectivity index (χ2n) is 7.60. The number of anilines is 1. The number of ether oxygens (including phenoxy) is 1. The fourth-order valence-electron chi connectivity index (χ4n) is 3.28. The summed E-state index contributed by atoms with van der Waals surface area (Å²) in [7, 11) is 0. The van der Waals surface area contributed by atoms with Gasteiger partial charge in [0, 0.05) is 16.6 Å². The van der Waals surface area contributed by atoms with Crippen molar-refractivity contribution in [2.24, 2.45) is 0 Å². The Morgan fingerprint density at radius 2 is 1.77 bits per heavy atom. The van der Waals surface area contributed by atoms with E-state index in [2.05, 4.69) is 10.6 Å². The Bertz CT molecular complexity index is 1110. The summed E-state index contributed by atoms with van der Waals surface area (Å²) in [5, 5.41) is 6.12. The number of furan rings is 1. The van der Waals surface area contributed by atoms with Crippen LogP contribution in [0.2, 0.25) is 0 Å². The first-order chi connectivity index (χ1) is 14.7. The van der Waals surface area contributed by atoms with E-state index in [-0.39, 0.29) is 18.9 Å². The monoisotopic (exact) mass is 422 g/mol. The molecular formula is C24H26N2O5. The van der Waals surface area contributed by atoms with Crippen LogP contribution in [0, 0.1) is 20.8 Å². The number of carbonyl (C=O) groups excluding carboxylic acids is 3. The number of nitrogens with one attached hydrogen (secondary N) is 2. The van der Waals surface area contributed by atoms with Gasteiger partial charge in [0.2, 0.25) is 5.91 Å². The van der Waals surface area contributed by atoms with Crippen LogP contribution in [0.25, 0.3) is 11.0 Å². The molecule has 7 heteroatoms. The van der Waals surface area contributed by atoms with E-state index in [0.717, 1.165) is 27.8 Å². The summed E-state index contributed by atoms with van der Waals surface area (Å²) in [5.41, 5.74) is 5.04. The van der Waals surface area contributed by atoms with Gasteiger partial charge in [-0.25, -0.2) is 0 Å². The standard InChI is InChI=1S/C24H26N2O5/c1-14-8-9-19-18(13-30-20(19)10-14)11-22(28)31-17(4)24(29)25-12-21(27)26-23-15(2)6-5-7-16(23)3/h5-10,13,17H,11-12H2,1-4H3,(H,25,29)(H,26,27)/t17-/m1/s1. The fourth-order valence-corrected chi connectivity index (χ4v) is 3.28. The highest BCUT2D eigenvalue weighted by molar-refractivity contribution is 5.96. The van der Waals surface area contributed by atoms with Crippen LogP contribution in [0.3, 0.4) is 0 Å². The van der Waals surface area contributed by atoms with Crippen molar-refractivity contribution in [1.82, 2.24) is 5.32 Å². The number of amides is 2. The lowest BCUT2D eigenvalue weighted by molar-refractivity contribution is -0.154. The highest BCUT2D eigenvalue weighted by Crippen LogP contribution is 2.23. The van der Waals surface area contributed by atoms with Gasteiger partial charge in [-0.3, -0.25) is 14.4 Å². The molecule has 1 aromatic heterocycles. The number of carbonyl (C=O) groups is 3. The number of hydrogen-bond acceptors (Lipinski definition) is 5. The van der Waals surface area contributed by atoms with Crippen LogP contribution in [0.4, 0.5) is 5.69 Å². The Hall–Kier alpha value is -3.61. The Morgan fingerprint density at radius 3 is 2.48 bits per heavy atom. The number of benzene rings is 2. The molecule has 2 amide bonds. The molecule has 0 radical (unpaired) electrons. The molecule has 0 spiro atoms. The van der Waals surface area contributed by atoms with E-state index < -0.39 is 18.0 Å². The van der Waals surface area contributed by atoms with Gasteiger partial charge in [-0.1, -0.05) is 30.3 Å². The average Bonchev–Trinajstić information content (AvgIpc) is 3.10. The highest BCUT2D eigenvalue weighted by Gasteiger charge is 2.20. The minimum atomic E-state index is -1.03. The minimum absolute atomic E-state index is 0.0132. The molecule has 0 aliphatic carbocycles. The van der Waals surface area contributed by atoms with Crippen molar-refractivity contribution in [2.45, 2.75) is 40.2 Å². The molecule has 1 heterocycles. The SMILES string of the molecule is Cc1ccc2c(CC(=O)O[C@H](C)C(=O)NCC(=O)Nc3c(C)cccc3C)coc2c1. The molecule has 0 aliphatic heterocycles. The van der Waals surface area contributed by atoms with Gasteiger partial charge in [-0.05, 0) is 50.5 Å². The quantitative estimate of drug-likeness (QED) is 0.567. The van der Waals surface area contributed by atoms with Crippen molar-refractivity contribution in [3.05, 3.63) is 64.9 Å². The number of fused-ring (bicyclic) bond motifs is 1. The molecule has 162 valence electrons. The summed E-state index contributed by atoms with van der Waals surface area (Å²) >= 11 is 0. The van der Waals surface area contributed by atoms with Crippen LogP contribution < -0.4 is 10.6 Å². The maximum Gasteiger partial charge on any atom is 0.311 e. The summed E-state index contributed by atoms with van der Waals surface area (Å²) < 4.78 is 10.7. The summed E-state index contributed by atoms with van der Waals surface area (Å²) in [6, 6.07) is 11.4. The molecule has 0 saturated heterocycles. The summed E-state index contributed by atoms with van der Waals surface area (Å²) in [6.45, 7) is 6.99. The van der Waals surface area contributed by atoms with Gasteiger partial charge in [-0.2, -0.15) is 0 Å². The Morgan fingerprint density at radius 1 is 1.06 bits per heavy atom. The zero-order valence-corrected chi connectivity index (χ0v) is 18.1. The lowest BCUT2D eigenvalue weighted by atomic mass is 10.1. The van der Waals surface area contributed by atoms with Gasteiger partial charge in [0.1, 0.15) is 5.58 Å². The molecule has 0 unspecified atom stereocenters. The summed E-state index contributed by atoms with van der Waals surface area (Å²) in [4.78, 5) is 36.7. The van der Waals surface area contributed by atoms with Crippen molar-refractivity contribution >= 4 is 34.4 Å². The lowest BCUT2D eigenvalue weighted by Gasteiger charge is -2.14. The van der Waals surface area contributed by atoms with Gasteiger partial charge in [0.25, 0.3) is 5.91 Å². The number of aryl methyl sites for hydroxylation is 3. The molecule has 3 aromatic rings. The molecule has 1 atom stereocenters. The third-order valence-corrected chi connectivity index (χ3v) is 4.99. The number of para-hydroxylation sites is 1. The zero-order valence-electron chi connectivity index (χ0n) is 18.1. The van der Waals surface area contributed by atoms with Crippen molar-refractivity contribution in [3.63, 3.8) is 0 Å². The van der Waals surface area contributed by atoms with Gasteiger partial charge < -0.3 is 19.8 Å². The molecule has 0 aliphatic rings. The van der Waals surface area contributed by atoms with Crippen LogP contribution in [0.5, 0.6) is 0 Å². The molecular weight excluding hydrogens is 396 g/mol. The molecule has 31 heavy (non-hydrogen) atoms. The van der Waals surface area contributed by atoms with Crippen LogP contribution in [0.15, 0.2) is 47.1 Å². The smallest absolute Gasteiger partial charge is 0.311 e. The fraction of sp³-hybridized carbons (Fsp3) is 0.292. The first-order valence-electron chi connectivity index (χ1n) is 10.0. The van der Waals surface area contributed by atoms with Crippen molar-refractivity contribution in [1.29, 1.82) is 0 Å². The molecule has 2 aromatic carbocycles. The second-order valence-corrected chi connectivity index (χ2v) is 7.60. The topological polar surface area (TPSA) is 97.6 Å². The largest absolute Gasteiger partial charge is 0.464 e. The van der Waals surface area contributed by atoms with Gasteiger partial charge >= 0.3 is 5.97 Å². The Labute approximate surface area is 180 Å². The normalized spacial score (nSPS) is 11.7. The van der Waals surface area contributed by atoms with Crippen LogP contribution in [-0.2, 0) is 25.5 Å². The van der Waals surface area contributed by atoms with Crippen molar-refractivity contribution in [3.8, 4) is 0 Å². The van der Waals surface area contributed by atoms with Crippen LogP contribution in [0.1, 0.15) is 29.2 Å². The van der Waals surface area contributed by atoms with E-state index >= 15 is 0 Å². The van der Waals surface area contributed by atoms with E-state index in [1.807, 2.05) is 57.2 Å². The first-order valence-corrected chi connectivity index (χ1v) is 10.0. The molecule has 2 N–H and O–H groups in total. The third kappa shape index (κ3) is 5.51. The Balaban J connectivity index is 1.49. The van der Waals surface area contributed by atoms with Crippen LogP contribution >= 0.6 is 0 Å². The maximum atomic E-state index is 12.3. The average molecular weight is 422 g/mol. The van der Waals surface area contributed by atoms with Crippen LogP contribution in [-0.4, -0.2) is 30.4 Å². The number of esters is 1. The van der Waals surface area contributed by atoms with Crippen molar-refractivity contribution in [2.75, 3.05) is 11.9 Å². The van der Waals surface area contributed by atoms with Crippen molar-refractivity contribution < 1.29 is 23.5 Å². The lowest BCUT2D eigenvalue weighted by Crippen LogP contribution is -2.40. The Kier molecular flexibility index (Phi) is 6.74. The predicted molar refractivity (Wildman–Crippen MR) is 118 cm³/mol. The third-order valence-electron chi connectivity index (χ3n) is 4.99. The first kappa shape index (κ1) is 22.1. The molecule has 3 rings (SSSR count). The summed E-state index contributed by atoms with van der Waals surface area (Å²) in [5.74, 6) is -1.45. The van der Waals surface area contributed by atoms with E-state index in [0.29, 0.717) is 11.1 Å². The predicted octanol–water partition coefficient (Wildman–Crippen LogP) is 3.59. The van der Waals surface area contributed by atoms with Gasteiger partial charge in [0.05, 0.1) is 19.2 Å². The van der Waals surface area contributed by atoms with E-state index in [1.165, 1.54) is 13.2 Å². The van der Waals surface area contributed by atoms with E-state index in [1.54, 1.807) is 0 Å². The number of hydrogen-bond donors (Lipinski definition) is 2. The van der Waals surface area contributed by atoms with E-state index in [4.69, 9.17) is 9.15 Å². The second kappa shape index (κ2) is 9.47. The molecule has 0 saturated carbocycles. The summed E-state index contributed by atoms with van der Waals surface area (Å²) in [6.07, 6.45) is 0.482. The number of rotatable bonds is 7. The van der Waals surface area contributed by atoms with E-state index in [9.17, 15) is 14.4 Å². The molecule has 7 nitrogen and oxygen atoms in total. The maximum absolute atomic E-state index is 12.3. The van der Waals surface area contributed by atoms with Gasteiger partial charge in [-0.15, -0.1) is 0 Å².